The van der Waals surface area contributed by atoms with Gasteiger partial charge in [-0.3, -0.25) is 9.48 Å². The highest BCUT2D eigenvalue weighted by Gasteiger charge is 2.22. The molecule has 0 spiro atoms. The van der Waals surface area contributed by atoms with Crippen LogP contribution in [0.15, 0.2) is 35.5 Å². The molecule has 0 radical (unpaired) electrons. The summed E-state index contributed by atoms with van der Waals surface area (Å²) in [5, 5.41) is 19.9. The van der Waals surface area contributed by atoms with Crippen LogP contribution in [0, 0.1) is 6.92 Å². The highest BCUT2D eigenvalue weighted by atomic mass is 16.3. The number of phenolic OH excluding ortho intramolecular Hbond substituents is 1. The van der Waals surface area contributed by atoms with Crippen LogP contribution in [0.3, 0.4) is 0 Å². The number of aryl methyl sites for hydroxylation is 2. The molecule has 1 aliphatic rings. The van der Waals surface area contributed by atoms with Gasteiger partial charge in [0, 0.05) is 48.7 Å². The fourth-order valence-corrected chi connectivity index (χ4v) is 4.43. The molecule has 8 heteroatoms. The lowest BCUT2D eigenvalue weighted by molar-refractivity contribution is 0.309. The monoisotopic (exact) mass is 404 g/mol. The van der Waals surface area contributed by atoms with Gasteiger partial charge in [0.05, 0.1) is 22.0 Å². The Labute approximate surface area is 173 Å². The fourth-order valence-electron chi connectivity index (χ4n) is 4.43. The number of nitrogens with zero attached hydrogens (tertiary/aromatic N) is 5. The van der Waals surface area contributed by atoms with Gasteiger partial charge >= 0.3 is 0 Å². The molecule has 1 aliphatic heterocycles. The normalized spacial score (nSPS) is 19.6. The summed E-state index contributed by atoms with van der Waals surface area (Å²) in [7, 11) is 1.84. The summed E-state index contributed by atoms with van der Waals surface area (Å²) in [4.78, 5) is 22.1. The summed E-state index contributed by atoms with van der Waals surface area (Å²) < 4.78 is 3.53. The standard InChI is InChI=1S/C22H24N6O2/c1-12-8-15(4-6-23-12)28-7-5-18-17(22(28)30)10-24-21(25-18)16-9-14-11-27(3)26-19(14)13(2)20(16)29/h5,7,9-12,15,23,29H,4,6,8H2,1-3H3/t12-,15+/m1/s1. The topological polar surface area (TPSA) is 97.9 Å². The largest absolute Gasteiger partial charge is 0.507 e. The molecular weight excluding hydrogens is 380 g/mol. The number of nitrogens with one attached hydrogen (secondary N) is 1. The third kappa shape index (κ3) is 2.95. The van der Waals surface area contributed by atoms with Gasteiger partial charge in [-0.05, 0) is 45.4 Å². The van der Waals surface area contributed by atoms with Crippen molar-refractivity contribution in [3.05, 3.63) is 46.6 Å². The van der Waals surface area contributed by atoms with Gasteiger partial charge in [0.1, 0.15) is 5.75 Å². The lowest BCUT2D eigenvalue weighted by atomic mass is 10.00. The minimum absolute atomic E-state index is 0.0683. The molecule has 0 saturated carbocycles. The van der Waals surface area contributed by atoms with E-state index in [0.29, 0.717) is 33.9 Å². The SMILES string of the molecule is Cc1c(O)c(-c2ncc3c(=O)n([C@H]4CCN[C@H](C)C4)ccc3n2)cc2cn(C)nc12. The van der Waals surface area contributed by atoms with Gasteiger partial charge < -0.3 is 15.0 Å². The molecule has 4 aromatic rings. The first-order valence-corrected chi connectivity index (χ1v) is 10.2. The molecule has 0 amide bonds. The van der Waals surface area contributed by atoms with Gasteiger partial charge in [0.2, 0.25) is 0 Å². The van der Waals surface area contributed by atoms with E-state index < -0.39 is 0 Å². The van der Waals surface area contributed by atoms with Crippen molar-refractivity contribution >= 4 is 21.8 Å². The van der Waals surface area contributed by atoms with Gasteiger partial charge in [0.15, 0.2) is 5.82 Å². The van der Waals surface area contributed by atoms with Crippen molar-refractivity contribution in [1.29, 1.82) is 0 Å². The first-order valence-electron chi connectivity index (χ1n) is 10.2. The molecule has 1 aromatic carbocycles. The Morgan fingerprint density at radius 1 is 1.33 bits per heavy atom. The summed E-state index contributed by atoms with van der Waals surface area (Å²) in [6.45, 7) is 4.87. The molecule has 0 aliphatic carbocycles. The predicted molar refractivity (Wildman–Crippen MR) is 116 cm³/mol. The third-order valence-electron chi connectivity index (χ3n) is 6.03. The van der Waals surface area contributed by atoms with E-state index in [1.54, 1.807) is 10.9 Å². The summed E-state index contributed by atoms with van der Waals surface area (Å²) >= 11 is 0. The van der Waals surface area contributed by atoms with E-state index in [4.69, 9.17) is 0 Å². The molecule has 2 atom stereocenters. The van der Waals surface area contributed by atoms with E-state index in [1.165, 1.54) is 0 Å². The van der Waals surface area contributed by atoms with Gasteiger partial charge in [-0.15, -0.1) is 0 Å². The van der Waals surface area contributed by atoms with Crippen molar-refractivity contribution < 1.29 is 5.11 Å². The Bertz CT molecular complexity index is 1340. The van der Waals surface area contributed by atoms with Crippen molar-refractivity contribution in [2.24, 2.45) is 7.05 Å². The third-order valence-corrected chi connectivity index (χ3v) is 6.03. The number of phenols is 1. The quantitative estimate of drug-likeness (QED) is 0.533. The van der Waals surface area contributed by atoms with Crippen molar-refractivity contribution in [1.82, 2.24) is 29.6 Å². The number of benzene rings is 1. The Balaban J connectivity index is 1.61. The zero-order chi connectivity index (χ0) is 21.0. The van der Waals surface area contributed by atoms with Crippen LogP contribution < -0.4 is 10.9 Å². The fraction of sp³-hybridized carbons (Fsp3) is 0.364. The van der Waals surface area contributed by atoms with Crippen molar-refractivity contribution in [3.8, 4) is 17.1 Å². The molecule has 0 bridgehead atoms. The van der Waals surface area contributed by atoms with Crippen LogP contribution in [0.5, 0.6) is 5.75 Å². The molecule has 154 valence electrons. The van der Waals surface area contributed by atoms with E-state index in [9.17, 15) is 9.90 Å². The van der Waals surface area contributed by atoms with Crippen LogP contribution in [0.2, 0.25) is 0 Å². The van der Waals surface area contributed by atoms with Crippen molar-refractivity contribution in [2.75, 3.05) is 6.54 Å². The first kappa shape index (κ1) is 18.7. The van der Waals surface area contributed by atoms with E-state index in [-0.39, 0.29) is 17.4 Å². The van der Waals surface area contributed by atoms with Crippen LogP contribution in [0.4, 0.5) is 0 Å². The van der Waals surface area contributed by atoms with Gasteiger partial charge in [-0.25, -0.2) is 9.97 Å². The summed E-state index contributed by atoms with van der Waals surface area (Å²) in [6.07, 6.45) is 7.14. The Kier molecular flexibility index (Phi) is 4.32. The van der Waals surface area contributed by atoms with E-state index in [2.05, 4.69) is 27.3 Å². The molecule has 2 N–H and O–H groups in total. The predicted octanol–water partition coefficient (Wildman–Crippen LogP) is 2.67. The zero-order valence-electron chi connectivity index (χ0n) is 17.3. The van der Waals surface area contributed by atoms with Gasteiger partial charge in [0.25, 0.3) is 5.56 Å². The van der Waals surface area contributed by atoms with Crippen molar-refractivity contribution in [3.63, 3.8) is 0 Å². The average molecular weight is 404 g/mol. The maximum absolute atomic E-state index is 13.1. The first-order chi connectivity index (χ1) is 14.4. The molecule has 3 aromatic heterocycles. The number of hydrogen-bond donors (Lipinski definition) is 2. The molecule has 1 fully saturated rings. The second kappa shape index (κ2) is 6.91. The lowest BCUT2D eigenvalue weighted by Gasteiger charge is -2.29. The molecule has 8 nitrogen and oxygen atoms in total. The van der Waals surface area contributed by atoms with Crippen LogP contribution in [-0.4, -0.2) is 42.0 Å². The minimum atomic E-state index is -0.0683. The zero-order valence-corrected chi connectivity index (χ0v) is 17.3. The molecule has 30 heavy (non-hydrogen) atoms. The van der Waals surface area contributed by atoms with Crippen LogP contribution in [0.1, 0.15) is 31.4 Å². The highest BCUT2D eigenvalue weighted by molar-refractivity contribution is 5.90. The Morgan fingerprint density at radius 3 is 2.97 bits per heavy atom. The van der Waals surface area contributed by atoms with E-state index in [0.717, 1.165) is 30.3 Å². The maximum atomic E-state index is 13.1. The number of fused-ring (bicyclic) bond motifs is 2. The van der Waals surface area contributed by atoms with Crippen molar-refractivity contribution in [2.45, 2.75) is 38.8 Å². The lowest BCUT2D eigenvalue weighted by Crippen LogP contribution is -2.39. The number of aromatic hydroxyl groups is 1. The van der Waals surface area contributed by atoms with E-state index in [1.807, 2.05) is 43.1 Å². The summed E-state index contributed by atoms with van der Waals surface area (Å²) in [5.41, 5.74) is 2.47. The molecule has 4 heterocycles. The van der Waals surface area contributed by atoms with Gasteiger partial charge in [-0.1, -0.05) is 0 Å². The molecule has 1 saturated heterocycles. The molecule has 5 rings (SSSR count). The number of aromatic nitrogens is 5. The number of rotatable bonds is 2. The second-order valence-electron chi connectivity index (χ2n) is 8.19. The highest BCUT2D eigenvalue weighted by Crippen LogP contribution is 2.35. The Morgan fingerprint density at radius 2 is 2.17 bits per heavy atom. The van der Waals surface area contributed by atoms with Crippen LogP contribution in [0.25, 0.3) is 33.2 Å². The summed E-state index contributed by atoms with van der Waals surface area (Å²) in [6, 6.07) is 4.26. The average Bonchev–Trinajstić information content (AvgIpc) is 3.11. The van der Waals surface area contributed by atoms with Crippen LogP contribution in [-0.2, 0) is 7.05 Å². The maximum Gasteiger partial charge on any atom is 0.261 e. The second-order valence-corrected chi connectivity index (χ2v) is 8.19. The molecular formula is C22H24N6O2. The number of piperidine rings is 1. The number of pyridine rings is 1. The van der Waals surface area contributed by atoms with Gasteiger partial charge in [-0.2, -0.15) is 5.10 Å². The number of hydrogen-bond acceptors (Lipinski definition) is 6. The smallest absolute Gasteiger partial charge is 0.261 e. The summed E-state index contributed by atoms with van der Waals surface area (Å²) in [5.74, 6) is 0.499. The Hall–Kier alpha value is -3.26. The van der Waals surface area contributed by atoms with E-state index >= 15 is 0 Å². The van der Waals surface area contributed by atoms with Crippen LogP contribution >= 0.6 is 0 Å². The minimum Gasteiger partial charge on any atom is -0.507 e. The molecule has 0 unspecified atom stereocenters.